The first-order chi connectivity index (χ1) is 20.4. The maximum atomic E-state index is 13.7. The van der Waals surface area contributed by atoms with Crippen molar-refractivity contribution in [1.82, 2.24) is 16.0 Å². The molecule has 1 aromatic heterocycles. The number of carbonyl (C=O) groups is 4. The number of aliphatic hydroxyl groups excluding tert-OH is 1. The summed E-state index contributed by atoms with van der Waals surface area (Å²) in [4.78, 5) is 51.8. The topological polar surface area (TPSA) is 183 Å². The molecule has 1 heterocycles. The molecule has 0 radical (unpaired) electrons. The second kappa shape index (κ2) is 18.2. The van der Waals surface area contributed by atoms with Crippen LogP contribution < -0.4 is 27.0 Å². The molecule has 1 aromatic carbocycles. The number of nitrogens with two attached hydrogens (primary N) is 1. The molecule has 0 fully saturated rings. The molecule has 8 N–H and O–H groups in total. The van der Waals surface area contributed by atoms with Crippen LogP contribution in [0.15, 0.2) is 47.8 Å². The zero-order valence-electron chi connectivity index (χ0n) is 25.4. The number of para-hydroxylation sites is 1. The number of rotatable bonds is 19. The van der Waals surface area contributed by atoms with Gasteiger partial charge in [0.1, 0.15) is 12.1 Å². The van der Waals surface area contributed by atoms with Crippen molar-refractivity contribution in [1.29, 1.82) is 0 Å². The monoisotopic (exact) mass is 617 g/mol. The van der Waals surface area contributed by atoms with Gasteiger partial charge in [-0.15, -0.1) is 11.3 Å². The fraction of sp³-hybridized carbons (Fsp3) is 0.548. The molecule has 2 aromatic rings. The Labute approximate surface area is 258 Å². The molecule has 0 saturated carbocycles. The highest BCUT2D eigenvalue weighted by molar-refractivity contribution is 7.09. The summed E-state index contributed by atoms with van der Waals surface area (Å²) in [5.41, 5.74) is 6.73. The Morgan fingerprint density at radius 1 is 0.930 bits per heavy atom. The number of hydrogen-bond donors (Lipinski definition) is 7. The van der Waals surface area contributed by atoms with Crippen LogP contribution in [0.1, 0.15) is 58.3 Å². The van der Waals surface area contributed by atoms with E-state index in [9.17, 15) is 24.3 Å². The van der Waals surface area contributed by atoms with Gasteiger partial charge in [-0.2, -0.15) is 0 Å². The third kappa shape index (κ3) is 12.7. The van der Waals surface area contributed by atoms with Crippen LogP contribution in [0, 0.1) is 11.8 Å². The molecule has 3 amide bonds. The van der Waals surface area contributed by atoms with E-state index < -0.39 is 54.0 Å². The van der Waals surface area contributed by atoms with E-state index in [1.54, 1.807) is 6.92 Å². The Morgan fingerprint density at radius 3 is 2.21 bits per heavy atom. The van der Waals surface area contributed by atoms with Crippen LogP contribution in [0.4, 0.5) is 5.69 Å². The quantitative estimate of drug-likeness (QED) is 0.125. The Balaban J connectivity index is 2.20. The minimum Gasteiger partial charge on any atom is -0.481 e. The number of carboxylic acids is 1. The molecule has 0 aliphatic rings. The second-order valence-corrected chi connectivity index (χ2v) is 12.3. The summed E-state index contributed by atoms with van der Waals surface area (Å²) in [7, 11) is 0. The van der Waals surface area contributed by atoms with Crippen molar-refractivity contribution in [3.05, 3.63) is 52.7 Å². The van der Waals surface area contributed by atoms with Gasteiger partial charge in [0.05, 0.1) is 18.2 Å². The number of carboxylic acid groups (broad SMARTS) is 1. The number of anilines is 1. The average Bonchev–Trinajstić information content (AvgIpc) is 3.49. The SMILES string of the molecule is CC[C@H](C)[C@H](NC(=O)[C@@H](N)CCC(=O)O)C(=O)N[C@@H](Cc1cccs1)C(=O)N[C@@H](CC(C)C)[C@H](O)CNc1ccccc1. The minimum atomic E-state index is -1.09. The first kappa shape index (κ1) is 35.7. The summed E-state index contributed by atoms with van der Waals surface area (Å²) in [6, 6.07) is 9.55. The molecule has 0 unspecified atom stereocenters. The van der Waals surface area contributed by atoms with E-state index in [1.165, 1.54) is 11.3 Å². The van der Waals surface area contributed by atoms with Crippen LogP contribution in [0.2, 0.25) is 0 Å². The van der Waals surface area contributed by atoms with E-state index >= 15 is 0 Å². The minimum absolute atomic E-state index is 0.0713. The van der Waals surface area contributed by atoms with Gasteiger partial charge in [-0.3, -0.25) is 19.2 Å². The summed E-state index contributed by atoms with van der Waals surface area (Å²) in [5.74, 6) is -2.81. The first-order valence-corrected chi connectivity index (χ1v) is 15.7. The lowest BCUT2D eigenvalue weighted by Crippen LogP contribution is -2.59. The smallest absolute Gasteiger partial charge is 0.303 e. The third-order valence-corrected chi connectivity index (χ3v) is 8.12. The van der Waals surface area contributed by atoms with Crippen molar-refractivity contribution in [3.63, 3.8) is 0 Å². The van der Waals surface area contributed by atoms with Crippen LogP contribution in [0.5, 0.6) is 0 Å². The van der Waals surface area contributed by atoms with Crippen LogP contribution in [0.25, 0.3) is 0 Å². The summed E-state index contributed by atoms with van der Waals surface area (Å²) in [6.45, 7) is 7.90. The molecule has 238 valence electrons. The van der Waals surface area contributed by atoms with Crippen molar-refractivity contribution in [2.75, 3.05) is 11.9 Å². The molecule has 0 aliphatic heterocycles. The molecular weight excluding hydrogens is 570 g/mol. The zero-order valence-corrected chi connectivity index (χ0v) is 26.2. The number of thiophene rings is 1. The predicted molar refractivity (Wildman–Crippen MR) is 169 cm³/mol. The van der Waals surface area contributed by atoms with E-state index in [4.69, 9.17) is 10.8 Å². The summed E-state index contributed by atoms with van der Waals surface area (Å²) < 4.78 is 0. The number of aliphatic carboxylic acids is 1. The molecule has 6 atom stereocenters. The molecule has 2 rings (SSSR count). The lowest BCUT2D eigenvalue weighted by atomic mass is 9.96. The largest absolute Gasteiger partial charge is 0.481 e. The fourth-order valence-electron chi connectivity index (χ4n) is 4.50. The maximum Gasteiger partial charge on any atom is 0.303 e. The van der Waals surface area contributed by atoms with Crippen LogP contribution in [-0.4, -0.2) is 70.7 Å². The predicted octanol–water partition coefficient (Wildman–Crippen LogP) is 2.50. The van der Waals surface area contributed by atoms with Gasteiger partial charge in [-0.1, -0.05) is 58.4 Å². The van der Waals surface area contributed by atoms with Crippen LogP contribution >= 0.6 is 11.3 Å². The molecule has 11 nitrogen and oxygen atoms in total. The van der Waals surface area contributed by atoms with Crippen molar-refractivity contribution < 1.29 is 29.4 Å². The second-order valence-electron chi connectivity index (χ2n) is 11.3. The molecule has 12 heteroatoms. The normalized spacial score (nSPS) is 15.4. The molecule has 0 spiro atoms. The van der Waals surface area contributed by atoms with E-state index in [0.717, 1.165) is 10.6 Å². The van der Waals surface area contributed by atoms with Gasteiger partial charge in [0.2, 0.25) is 17.7 Å². The van der Waals surface area contributed by atoms with E-state index in [1.807, 2.05) is 68.6 Å². The van der Waals surface area contributed by atoms with Gasteiger partial charge in [-0.05, 0) is 48.3 Å². The van der Waals surface area contributed by atoms with Crippen LogP contribution in [0.3, 0.4) is 0 Å². The standard InChI is InChI=1S/C31H47N5O6S/c1-5-20(4)28(36-29(40)23(32)13-14-27(38)39)31(42)35-25(17-22-12-9-15-43-22)30(41)34-24(16-19(2)3)26(37)18-33-21-10-7-6-8-11-21/h6-12,15,19-20,23-26,28,33,37H,5,13-14,16-18,32H2,1-4H3,(H,34,41)(H,35,42)(H,36,40)(H,38,39)/t20-,23-,24-,25-,26+,28-/m0/s1. The highest BCUT2D eigenvalue weighted by Crippen LogP contribution is 2.16. The Bertz CT molecular complexity index is 1150. The van der Waals surface area contributed by atoms with Gasteiger partial charge >= 0.3 is 5.97 Å². The molecule has 0 saturated heterocycles. The lowest BCUT2D eigenvalue weighted by molar-refractivity contribution is -0.137. The highest BCUT2D eigenvalue weighted by atomic mass is 32.1. The Morgan fingerprint density at radius 2 is 1.63 bits per heavy atom. The van der Waals surface area contributed by atoms with Gasteiger partial charge in [0.25, 0.3) is 0 Å². The average molecular weight is 618 g/mol. The zero-order chi connectivity index (χ0) is 31.9. The number of amides is 3. The van der Waals surface area contributed by atoms with E-state index in [-0.39, 0.29) is 37.6 Å². The Kier molecular flexibility index (Phi) is 15.2. The van der Waals surface area contributed by atoms with Crippen molar-refractivity contribution >= 4 is 40.7 Å². The number of benzene rings is 1. The van der Waals surface area contributed by atoms with Crippen molar-refractivity contribution in [2.45, 2.75) is 90.1 Å². The number of aliphatic hydroxyl groups is 1. The summed E-state index contributed by atoms with van der Waals surface area (Å²) in [5, 5.41) is 33.5. The van der Waals surface area contributed by atoms with Gasteiger partial charge < -0.3 is 37.2 Å². The molecule has 0 bridgehead atoms. The number of nitrogens with one attached hydrogen (secondary N) is 4. The van der Waals surface area contributed by atoms with Gasteiger partial charge in [-0.25, -0.2) is 0 Å². The third-order valence-electron chi connectivity index (χ3n) is 7.22. The summed E-state index contributed by atoms with van der Waals surface area (Å²) >= 11 is 1.45. The first-order valence-electron chi connectivity index (χ1n) is 14.8. The number of hydrogen-bond acceptors (Lipinski definition) is 8. The Hall–Kier alpha value is -3.48. The summed E-state index contributed by atoms with van der Waals surface area (Å²) in [6.07, 6.45) is 0.0513. The van der Waals surface area contributed by atoms with Gasteiger partial charge in [0.15, 0.2) is 0 Å². The maximum absolute atomic E-state index is 13.7. The molecular formula is C31H47N5O6S. The molecule has 0 aliphatic carbocycles. The lowest BCUT2D eigenvalue weighted by Gasteiger charge is -2.30. The van der Waals surface area contributed by atoms with E-state index in [2.05, 4.69) is 21.3 Å². The van der Waals surface area contributed by atoms with Gasteiger partial charge in [0, 0.05) is 30.0 Å². The fourth-order valence-corrected chi connectivity index (χ4v) is 5.25. The van der Waals surface area contributed by atoms with Crippen molar-refractivity contribution in [3.8, 4) is 0 Å². The highest BCUT2D eigenvalue weighted by Gasteiger charge is 2.33. The van der Waals surface area contributed by atoms with Crippen molar-refractivity contribution in [2.24, 2.45) is 17.6 Å². The van der Waals surface area contributed by atoms with E-state index in [0.29, 0.717) is 12.8 Å². The van der Waals surface area contributed by atoms with Crippen LogP contribution in [-0.2, 0) is 25.6 Å². The number of carbonyl (C=O) groups excluding carboxylic acids is 3. The molecule has 43 heavy (non-hydrogen) atoms.